The largest absolute Gasteiger partial charge is 0.487 e. The van der Waals surface area contributed by atoms with Crippen LogP contribution in [0.5, 0.6) is 5.75 Å². The van der Waals surface area contributed by atoms with Crippen LogP contribution in [0.25, 0.3) is 0 Å². The van der Waals surface area contributed by atoms with Crippen LogP contribution >= 0.6 is 0 Å². The summed E-state index contributed by atoms with van der Waals surface area (Å²) in [7, 11) is -3.30. The fraction of sp³-hybridized carbons (Fsp3) is 0.364. The summed E-state index contributed by atoms with van der Waals surface area (Å²) in [4.78, 5) is 10.5. The lowest BCUT2D eigenvalue weighted by atomic mass is 10.2. The standard InChI is InChI=1S/C11H12F2O5S/c1-2-19(16,17)4-3-18-10-8(12)5-7(11(14)15)6-9(10)13/h5-6H,2-4H2,1H3,(H,14,15). The van der Waals surface area contributed by atoms with Gasteiger partial charge in [0.05, 0.1) is 11.3 Å². The second kappa shape index (κ2) is 5.96. The smallest absolute Gasteiger partial charge is 0.335 e. The van der Waals surface area contributed by atoms with Gasteiger partial charge < -0.3 is 9.84 Å². The summed E-state index contributed by atoms with van der Waals surface area (Å²) in [5.41, 5.74) is -0.552. The lowest BCUT2D eigenvalue weighted by Crippen LogP contribution is -2.16. The zero-order valence-corrected chi connectivity index (χ0v) is 10.8. The Morgan fingerprint density at radius 2 is 1.84 bits per heavy atom. The molecule has 0 unspecified atom stereocenters. The van der Waals surface area contributed by atoms with Crippen LogP contribution in [0.2, 0.25) is 0 Å². The molecule has 0 bridgehead atoms. The zero-order valence-electron chi connectivity index (χ0n) is 10.0. The summed E-state index contributed by atoms with van der Waals surface area (Å²) in [6, 6.07) is 1.21. The van der Waals surface area contributed by atoms with Gasteiger partial charge in [-0.2, -0.15) is 0 Å². The molecule has 8 heteroatoms. The minimum atomic E-state index is -3.30. The summed E-state index contributed by atoms with van der Waals surface area (Å²) < 4.78 is 53.8. The molecule has 0 atom stereocenters. The molecule has 1 aromatic rings. The van der Waals surface area contributed by atoms with Crippen molar-refractivity contribution in [2.75, 3.05) is 18.1 Å². The van der Waals surface area contributed by atoms with Gasteiger partial charge in [-0.05, 0) is 12.1 Å². The SMILES string of the molecule is CCS(=O)(=O)CCOc1c(F)cc(C(=O)O)cc1F. The first-order valence-electron chi connectivity index (χ1n) is 5.32. The molecular weight excluding hydrogens is 282 g/mol. The van der Waals surface area contributed by atoms with Gasteiger partial charge in [0.15, 0.2) is 27.2 Å². The molecule has 0 aromatic heterocycles. The number of hydrogen-bond donors (Lipinski definition) is 1. The van der Waals surface area contributed by atoms with E-state index in [9.17, 15) is 22.0 Å². The van der Waals surface area contributed by atoms with Crippen LogP contribution in [0.1, 0.15) is 17.3 Å². The van der Waals surface area contributed by atoms with Crippen molar-refractivity contribution in [1.82, 2.24) is 0 Å². The number of sulfone groups is 1. The molecular formula is C11H12F2O5S. The lowest BCUT2D eigenvalue weighted by Gasteiger charge is -2.09. The molecule has 0 saturated carbocycles. The topological polar surface area (TPSA) is 80.7 Å². The highest BCUT2D eigenvalue weighted by Gasteiger charge is 2.17. The first-order chi connectivity index (χ1) is 8.76. The van der Waals surface area contributed by atoms with Gasteiger partial charge >= 0.3 is 5.97 Å². The van der Waals surface area contributed by atoms with Crippen LogP contribution in [-0.2, 0) is 9.84 Å². The van der Waals surface area contributed by atoms with Crippen molar-refractivity contribution < 1.29 is 31.8 Å². The van der Waals surface area contributed by atoms with Crippen LogP contribution < -0.4 is 4.74 Å². The third-order valence-corrected chi connectivity index (χ3v) is 3.99. The Kier molecular flexibility index (Phi) is 4.82. The van der Waals surface area contributed by atoms with Crippen LogP contribution in [0.3, 0.4) is 0 Å². The number of carboxylic acids is 1. The van der Waals surface area contributed by atoms with E-state index in [1.54, 1.807) is 0 Å². The number of carbonyl (C=O) groups is 1. The Morgan fingerprint density at radius 1 is 1.32 bits per heavy atom. The molecule has 1 N–H and O–H groups in total. The van der Waals surface area contributed by atoms with Crippen molar-refractivity contribution in [3.05, 3.63) is 29.3 Å². The summed E-state index contributed by atoms with van der Waals surface area (Å²) >= 11 is 0. The third-order valence-electron chi connectivity index (χ3n) is 2.33. The third kappa shape index (κ3) is 4.16. The fourth-order valence-corrected chi connectivity index (χ4v) is 1.86. The van der Waals surface area contributed by atoms with E-state index >= 15 is 0 Å². The monoisotopic (exact) mass is 294 g/mol. The molecule has 0 fully saturated rings. The summed E-state index contributed by atoms with van der Waals surface area (Å²) in [6.45, 7) is 1.04. The van der Waals surface area contributed by atoms with Crippen molar-refractivity contribution >= 4 is 15.8 Å². The van der Waals surface area contributed by atoms with E-state index in [2.05, 4.69) is 0 Å². The number of aromatic carboxylic acids is 1. The Labute approximate surface area is 108 Å². The Balaban J connectivity index is 2.83. The van der Waals surface area contributed by atoms with Crippen LogP contribution in [0.4, 0.5) is 8.78 Å². The van der Waals surface area contributed by atoms with Gasteiger partial charge in [-0.25, -0.2) is 22.0 Å². The maximum absolute atomic E-state index is 13.4. The Bertz CT molecular complexity index is 560. The van der Waals surface area contributed by atoms with Crippen molar-refractivity contribution in [2.24, 2.45) is 0 Å². The molecule has 1 aromatic carbocycles. The normalized spacial score (nSPS) is 11.3. The number of halogens is 2. The van der Waals surface area contributed by atoms with Crippen molar-refractivity contribution in [3.63, 3.8) is 0 Å². The van der Waals surface area contributed by atoms with Gasteiger partial charge in [0.1, 0.15) is 6.61 Å². The molecule has 0 aliphatic heterocycles. The summed E-state index contributed by atoms with van der Waals surface area (Å²) in [5.74, 6) is -5.10. The highest BCUT2D eigenvalue weighted by Crippen LogP contribution is 2.23. The minimum absolute atomic E-state index is 0.0979. The molecule has 19 heavy (non-hydrogen) atoms. The van der Waals surface area contributed by atoms with Gasteiger partial charge in [0.2, 0.25) is 0 Å². The average Bonchev–Trinajstić information content (AvgIpc) is 2.32. The zero-order chi connectivity index (χ0) is 14.6. The van der Waals surface area contributed by atoms with Gasteiger partial charge in [-0.15, -0.1) is 0 Å². The highest BCUT2D eigenvalue weighted by molar-refractivity contribution is 7.91. The molecule has 0 aliphatic rings. The van der Waals surface area contributed by atoms with Crippen molar-refractivity contribution in [1.29, 1.82) is 0 Å². The number of ether oxygens (including phenoxy) is 1. The second-order valence-electron chi connectivity index (χ2n) is 3.66. The molecule has 0 aliphatic carbocycles. The Morgan fingerprint density at radius 3 is 2.26 bits per heavy atom. The molecule has 0 radical (unpaired) electrons. The maximum atomic E-state index is 13.4. The molecule has 0 saturated heterocycles. The van der Waals surface area contributed by atoms with Gasteiger partial charge in [0.25, 0.3) is 0 Å². The first kappa shape index (κ1) is 15.4. The highest BCUT2D eigenvalue weighted by atomic mass is 32.2. The predicted octanol–water partition coefficient (Wildman–Crippen LogP) is 1.48. The van der Waals surface area contributed by atoms with Crippen LogP contribution in [0, 0.1) is 11.6 Å². The molecule has 0 spiro atoms. The second-order valence-corrected chi connectivity index (χ2v) is 6.13. The summed E-state index contributed by atoms with van der Waals surface area (Å²) in [5, 5.41) is 8.59. The van der Waals surface area contributed by atoms with E-state index in [1.165, 1.54) is 6.92 Å². The van der Waals surface area contributed by atoms with E-state index in [0.29, 0.717) is 12.1 Å². The number of benzene rings is 1. The van der Waals surface area contributed by atoms with Crippen molar-refractivity contribution in [3.8, 4) is 5.75 Å². The van der Waals surface area contributed by atoms with E-state index < -0.39 is 45.4 Å². The minimum Gasteiger partial charge on any atom is -0.487 e. The number of rotatable bonds is 6. The van der Waals surface area contributed by atoms with Gasteiger partial charge in [0, 0.05) is 5.75 Å². The van der Waals surface area contributed by atoms with E-state index in [4.69, 9.17) is 9.84 Å². The Hall–Kier alpha value is -1.70. The van der Waals surface area contributed by atoms with E-state index in [1.807, 2.05) is 0 Å². The molecule has 5 nitrogen and oxygen atoms in total. The molecule has 0 amide bonds. The summed E-state index contributed by atoms with van der Waals surface area (Å²) in [6.07, 6.45) is 0. The molecule has 1 rings (SSSR count). The molecule has 106 valence electrons. The van der Waals surface area contributed by atoms with E-state index in [0.717, 1.165) is 0 Å². The first-order valence-corrected chi connectivity index (χ1v) is 7.14. The fourth-order valence-electron chi connectivity index (χ4n) is 1.24. The number of carboxylic acid groups (broad SMARTS) is 1. The van der Waals surface area contributed by atoms with Gasteiger partial charge in [-0.3, -0.25) is 0 Å². The van der Waals surface area contributed by atoms with Crippen LogP contribution in [0.15, 0.2) is 12.1 Å². The lowest BCUT2D eigenvalue weighted by molar-refractivity contribution is 0.0695. The van der Waals surface area contributed by atoms with Crippen LogP contribution in [-0.4, -0.2) is 37.6 Å². The van der Waals surface area contributed by atoms with E-state index in [-0.39, 0.29) is 11.5 Å². The van der Waals surface area contributed by atoms with Crippen molar-refractivity contribution in [2.45, 2.75) is 6.92 Å². The number of hydrogen-bond acceptors (Lipinski definition) is 4. The van der Waals surface area contributed by atoms with Gasteiger partial charge in [-0.1, -0.05) is 6.92 Å². The molecule has 0 heterocycles. The maximum Gasteiger partial charge on any atom is 0.335 e. The quantitative estimate of drug-likeness (QED) is 0.859. The predicted molar refractivity (Wildman–Crippen MR) is 63.1 cm³/mol. The average molecular weight is 294 g/mol.